The van der Waals surface area contributed by atoms with Gasteiger partial charge in [-0.05, 0) is 83.1 Å². The van der Waals surface area contributed by atoms with E-state index < -0.39 is 20.0 Å². The average molecular weight is 981 g/mol. The maximum absolute atomic E-state index is 13.5. The summed E-state index contributed by atoms with van der Waals surface area (Å²) >= 11 is 0. The number of carbonyl (C=O) groups is 2. The summed E-state index contributed by atoms with van der Waals surface area (Å²) in [6, 6.07) is -0.848. The van der Waals surface area contributed by atoms with Gasteiger partial charge in [-0.25, -0.2) is 4.57 Å². The highest BCUT2D eigenvalue weighted by atomic mass is 31.2. The van der Waals surface area contributed by atoms with Gasteiger partial charge in [-0.3, -0.25) is 18.6 Å². The number of allylic oxidation sites excluding steroid dienone is 5. The van der Waals surface area contributed by atoms with Gasteiger partial charge in [0.1, 0.15) is 19.3 Å². The van der Waals surface area contributed by atoms with Gasteiger partial charge in [-0.1, -0.05) is 212 Å². The lowest BCUT2D eigenvalue weighted by atomic mass is 10.0. The number of nitrogens with zero attached hydrogens (tertiary/aromatic N) is 1. The molecule has 0 rings (SSSR count). The summed E-state index contributed by atoms with van der Waals surface area (Å²) in [6.07, 6.45) is 57.0. The summed E-state index contributed by atoms with van der Waals surface area (Å²) in [5.74, 6) is -0.509. The second kappa shape index (κ2) is 48.8. The van der Waals surface area contributed by atoms with Crippen molar-refractivity contribution in [2.45, 2.75) is 283 Å². The molecule has 0 aliphatic carbocycles. The maximum Gasteiger partial charge on any atom is 0.472 e. The molecule has 9 nitrogen and oxygen atoms in total. The van der Waals surface area contributed by atoms with Crippen molar-refractivity contribution < 1.29 is 37.3 Å². The summed E-state index contributed by atoms with van der Waals surface area (Å²) < 4.78 is 30.6. The minimum atomic E-state index is -4.44. The van der Waals surface area contributed by atoms with Crippen LogP contribution in [0.4, 0.5) is 0 Å². The molecule has 0 radical (unpaired) electrons. The number of likely N-dealkylation sites (N-methyl/N-ethyl adjacent to an activating group) is 1. The number of rotatable bonds is 52. The van der Waals surface area contributed by atoms with Crippen LogP contribution in [0.15, 0.2) is 36.5 Å². The molecule has 10 heteroatoms. The van der Waals surface area contributed by atoms with E-state index in [9.17, 15) is 19.0 Å². The summed E-state index contributed by atoms with van der Waals surface area (Å²) in [5.41, 5.74) is 0. The molecule has 0 aliphatic rings. The van der Waals surface area contributed by atoms with E-state index in [1.54, 1.807) is 0 Å². The highest BCUT2D eigenvalue weighted by Crippen LogP contribution is 2.43. The molecule has 3 unspecified atom stereocenters. The molecule has 0 aromatic heterocycles. The number of phosphoric acid groups is 1. The van der Waals surface area contributed by atoms with Crippen LogP contribution < -0.4 is 5.32 Å². The number of esters is 1. The Morgan fingerprint density at radius 3 is 1.26 bits per heavy atom. The Morgan fingerprint density at radius 1 is 0.500 bits per heavy atom. The van der Waals surface area contributed by atoms with E-state index >= 15 is 0 Å². The lowest BCUT2D eigenvalue weighted by Gasteiger charge is -2.27. The number of amides is 1. The van der Waals surface area contributed by atoms with Gasteiger partial charge in [0.05, 0.1) is 33.8 Å². The predicted octanol–water partition coefficient (Wildman–Crippen LogP) is 17.2. The van der Waals surface area contributed by atoms with E-state index in [4.69, 9.17) is 13.8 Å². The first kappa shape index (κ1) is 66.2. The maximum atomic E-state index is 13.5. The highest BCUT2D eigenvalue weighted by molar-refractivity contribution is 7.47. The molecule has 0 aliphatic heterocycles. The number of carbonyl (C=O) groups excluding carboxylic acids is 2. The zero-order valence-corrected chi connectivity index (χ0v) is 46.5. The molecule has 0 bridgehead atoms. The Morgan fingerprint density at radius 2 is 0.853 bits per heavy atom. The van der Waals surface area contributed by atoms with Gasteiger partial charge in [0.2, 0.25) is 5.91 Å². The molecule has 400 valence electrons. The highest BCUT2D eigenvalue weighted by Gasteiger charge is 2.30. The smallest absolute Gasteiger partial charge is 0.456 e. The fourth-order valence-electron chi connectivity index (χ4n) is 8.28. The molecule has 68 heavy (non-hydrogen) atoms. The Balaban J connectivity index is 5.35. The topological polar surface area (TPSA) is 111 Å². The number of quaternary nitrogens is 1. The third-order valence-electron chi connectivity index (χ3n) is 12.8. The lowest BCUT2D eigenvalue weighted by molar-refractivity contribution is -0.870. The van der Waals surface area contributed by atoms with Crippen LogP contribution in [-0.4, -0.2) is 74.3 Å². The molecule has 0 aromatic carbocycles. The summed E-state index contributed by atoms with van der Waals surface area (Å²) in [6.45, 7) is 6.99. The van der Waals surface area contributed by atoms with Crippen LogP contribution in [-0.2, 0) is 27.9 Å². The van der Waals surface area contributed by atoms with Crippen LogP contribution in [0, 0.1) is 0 Å². The van der Waals surface area contributed by atoms with Gasteiger partial charge >= 0.3 is 13.8 Å². The van der Waals surface area contributed by atoms with Gasteiger partial charge in [0, 0.05) is 12.8 Å². The summed E-state index contributed by atoms with van der Waals surface area (Å²) in [7, 11) is 1.50. The van der Waals surface area contributed by atoms with Gasteiger partial charge in [-0.15, -0.1) is 0 Å². The summed E-state index contributed by atoms with van der Waals surface area (Å²) in [4.78, 5) is 37.6. The number of nitrogens with one attached hydrogen (secondary N) is 1. The Kier molecular flexibility index (Phi) is 47.6. The van der Waals surface area contributed by atoms with E-state index in [1.807, 2.05) is 33.3 Å². The van der Waals surface area contributed by atoms with Crippen molar-refractivity contribution in [1.82, 2.24) is 5.32 Å². The van der Waals surface area contributed by atoms with E-state index in [0.29, 0.717) is 17.4 Å². The zero-order valence-electron chi connectivity index (χ0n) is 45.6. The van der Waals surface area contributed by atoms with Gasteiger partial charge in [0.15, 0.2) is 0 Å². The molecule has 0 aromatic rings. The first-order valence-corrected chi connectivity index (χ1v) is 30.3. The largest absolute Gasteiger partial charge is 0.472 e. The van der Waals surface area contributed by atoms with Crippen molar-refractivity contribution >= 4 is 19.7 Å². The van der Waals surface area contributed by atoms with Crippen molar-refractivity contribution in [1.29, 1.82) is 0 Å². The average Bonchev–Trinajstić information content (AvgIpc) is 3.29. The minimum absolute atomic E-state index is 0.0400. The first-order chi connectivity index (χ1) is 32.9. The van der Waals surface area contributed by atoms with Crippen LogP contribution in [0.2, 0.25) is 0 Å². The number of phosphoric ester groups is 1. The second-order valence-electron chi connectivity index (χ2n) is 20.8. The Labute approximate surface area is 421 Å². The molecule has 0 heterocycles. The molecule has 0 saturated carbocycles. The van der Waals surface area contributed by atoms with Crippen LogP contribution in [0.3, 0.4) is 0 Å². The third-order valence-corrected chi connectivity index (χ3v) is 13.8. The quantitative estimate of drug-likeness (QED) is 0.0205. The van der Waals surface area contributed by atoms with Crippen molar-refractivity contribution in [3.05, 3.63) is 36.5 Å². The Bertz CT molecular complexity index is 1270. The van der Waals surface area contributed by atoms with E-state index in [1.165, 1.54) is 167 Å². The fourth-order valence-corrected chi connectivity index (χ4v) is 9.02. The fraction of sp³-hybridized carbons (Fsp3) is 0.862. The predicted molar refractivity (Wildman–Crippen MR) is 291 cm³/mol. The summed E-state index contributed by atoms with van der Waals surface area (Å²) in [5, 5.41) is 3.05. The molecular formula is C58H112N2O7P+. The van der Waals surface area contributed by atoms with Gasteiger partial charge < -0.3 is 19.4 Å². The molecular weight excluding hydrogens is 868 g/mol. The number of hydrogen-bond donors (Lipinski definition) is 2. The van der Waals surface area contributed by atoms with Crippen molar-refractivity contribution in [3.63, 3.8) is 0 Å². The van der Waals surface area contributed by atoms with Crippen molar-refractivity contribution in [2.24, 2.45) is 0 Å². The van der Waals surface area contributed by atoms with Crippen LogP contribution >= 0.6 is 7.82 Å². The van der Waals surface area contributed by atoms with E-state index in [-0.39, 0.29) is 31.5 Å². The first-order valence-electron chi connectivity index (χ1n) is 28.8. The number of ether oxygens (including phenoxy) is 1. The van der Waals surface area contributed by atoms with Crippen molar-refractivity contribution in [3.8, 4) is 0 Å². The SMILES string of the molecule is CCCCCC/C=C\CCCCCCCCCC(=O)NC(COP(=O)(O)OCC[N+](C)(C)C)C(/C=C/CCCCCCCCCCCC)OC(=O)CCCCCCCCC/C=C\CCCCCC. The molecule has 0 saturated heterocycles. The molecule has 3 atom stereocenters. The number of hydrogen-bond acceptors (Lipinski definition) is 6. The third kappa shape index (κ3) is 49.2. The standard InChI is InChI=1S/C58H111N2O7P/c1-7-10-13-16-19-22-25-28-30-32-35-38-41-44-47-50-57(61)59-55(54-66-68(63,64)65-53-52-60(4,5)6)56(49-46-43-40-37-34-27-24-21-18-15-12-9-3)67-58(62)51-48-45-42-39-36-33-31-29-26-23-20-17-14-11-8-2/h22-23,25-26,46,49,55-56H,7-21,24,27-45,47-48,50-54H2,1-6H3,(H-,59,61,63,64)/p+1/b25-22-,26-23-,49-46+. The van der Waals surface area contributed by atoms with Crippen LogP contribution in [0.1, 0.15) is 271 Å². The van der Waals surface area contributed by atoms with Gasteiger partial charge in [-0.2, -0.15) is 0 Å². The van der Waals surface area contributed by atoms with Crippen LogP contribution in [0.5, 0.6) is 0 Å². The van der Waals surface area contributed by atoms with Crippen molar-refractivity contribution in [2.75, 3.05) is 40.9 Å². The molecule has 2 N–H and O–H groups in total. The molecule has 1 amide bonds. The normalized spacial score (nSPS) is 14.0. The van der Waals surface area contributed by atoms with Gasteiger partial charge in [0.25, 0.3) is 0 Å². The minimum Gasteiger partial charge on any atom is -0.456 e. The van der Waals surface area contributed by atoms with E-state index in [0.717, 1.165) is 70.6 Å². The molecule has 0 spiro atoms. The van der Waals surface area contributed by atoms with Crippen LogP contribution in [0.25, 0.3) is 0 Å². The number of unbranched alkanes of at least 4 members (excludes halogenated alkanes) is 32. The second-order valence-corrected chi connectivity index (χ2v) is 22.3. The monoisotopic (exact) mass is 980 g/mol. The Hall–Kier alpha value is -1.77. The van der Waals surface area contributed by atoms with E-state index in [2.05, 4.69) is 50.4 Å². The lowest BCUT2D eigenvalue weighted by Crippen LogP contribution is -2.47. The zero-order chi connectivity index (χ0) is 50.1. The molecule has 0 fully saturated rings.